The van der Waals surface area contributed by atoms with Crippen LogP contribution in [0, 0.1) is 6.92 Å². The number of aromatic amines is 1. The number of H-pyrrole nitrogens is 1. The highest BCUT2D eigenvalue weighted by molar-refractivity contribution is 9.10. The number of hydrazone groups is 1. The molecular weight excluding hydrogens is 460 g/mol. The van der Waals surface area contributed by atoms with Crippen molar-refractivity contribution >= 4 is 49.0 Å². The van der Waals surface area contributed by atoms with Crippen LogP contribution in [0.1, 0.15) is 24.6 Å². The smallest absolute Gasteiger partial charge is 0.203 e. The molecule has 0 fully saturated rings. The van der Waals surface area contributed by atoms with Crippen molar-refractivity contribution in [3.63, 3.8) is 0 Å². The number of hydrogen-bond acceptors (Lipinski definition) is 5. The van der Waals surface area contributed by atoms with Crippen molar-refractivity contribution in [2.24, 2.45) is 5.10 Å². The molecule has 0 aliphatic heterocycles. The quantitative estimate of drug-likeness (QED) is 0.257. The Hall–Kier alpha value is -2.77. The van der Waals surface area contributed by atoms with Crippen LogP contribution in [0.4, 0.5) is 5.13 Å². The molecule has 0 radical (unpaired) electrons. The second-order valence-corrected chi connectivity index (χ2v) is 8.88. The van der Waals surface area contributed by atoms with E-state index in [9.17, 15) is 4.79 Å². The summed E-state index contributed by atoms with van der Waals surface area (Å²) in [4.78, 5) is 20.9. The number of anilines is 1. The van der Waals surface area contributed by atoms with Gasteiger partial charge in [0.1, 0.15) is 0 Å². The van der Waals surface area contributed by atoms with Crippen molar-refractivity contribution in [1.29, 1.82) is 0 Å². The van der Waals surface area contributed by atoms with Gasteiger partial charge in [-0.1, -0.05) is 46.3 Å². The van der Waals surface area contributed by atoms with E-state index in [0.29, 0.717) is 18.2 Å². The number of pyridine rings is 1. The molecule has 0 atom stereocenters. The normalized spacial score (nSPS) is 11.8. The molecule has 2 heterocycles. The largest absolute Gasteiger partial charge is 0.358 e. The van der Waals surface area contributed by atoms with E-state index >= 15 is 0 Å². The first-order valence-corrected chi connectivity index (χ1v) is 11.3. The number of nitrogens with one attached hydrogen (secondary N) is 2. The van der Waals surface area contributed by atoms with E-state index in [4.69, 9.17) is 0 Å². The zero-order valence-corrected chi connectivity index (χ0v) is 19.1. The van der Waals surface area contributed by atoms with Crippen LogP contribution in [0.3, 0.4) is 0 Å². The van der Waals surface area contributed by atoms with Gasteiger partial charge in [0.15, 0.2) is 5.43 Å². The van der Waals surface area contributed by atoms with E-state index in [0.717, 1.165) is 43.3 Å². The summed E-state index contributed by atoms with van der Waals surface area (Å²) in [5.74, 6) is 0. The van der Waals surface area contributed by atoms with Crippen LogP contribution in [0.2, 0.25) is 0 Å². The lowest BCUT2D eigenvalue weighted by Gasteiger charge is -2.08. The van der Waals surface area contributed by atoms with Crippen molar-refractivity contribution in [2.45, 2.75) is 26.7 Å². The number of rotatable bonds is 6. The molecule has 2 aromatic heterocycles. The van der Waals surface area contributed by atoms with Gasteiger partial charge in [-0.15, -0.1) is 11.3 Å². The summed E-state index contributed by atoms with van der Waals surface area (Å²) >= 11 is 4.97. The van der Waals surface area contributed by atoms with Gasteiger partial charge in [-0.25, -0.2) is 4.98 Å². The van der Waals surface area contributed by atoms with Crippen LogP contribution in [-0.4, -0.2) is 15.7 Å². The molecule has 0 saturated heterocycles. The zero-order valence-electron chi connectivity index (χ0n) is 16.7. The maximum absolute atomic E-state index is 12.9. The lowest BCUT2D eigenvalue weighted by Crippen LogP contribution is -2.14. The molecule has 4 rings (SSSR count). The number of fused-ring (bicyclic) bond motifs is 1. The molecule has 0 aliphatic rings. The molecule has 0 saturated carbocycles. The molecule has 4 aromatic rings. The molecule has 2 N–H and O–H groups in total. The van der Waals surface area contributed by atoms with Crippen molar-refractivity contribution in [3.8, 4) is 11.3 Å². The molecule has 0 unspecified atom stereocenters. The Morgan fingerprint density at radius 3 is 2.83 bits per heavy atom. The Kier molecular flexibility index (Phi) is 6.11. The monoisotopic (exact) mass is 480 g/mol. The van der Waals surface area contributed by atoms with Crippen LogP contribution in [0.15, 0.2) is 68.3 Å². The Bertz CT molecular complexity index is 1280. The van der Waals surface area contributed by atoms with Crippen molar-refractivity contribution in [3.05, 3.63) is 79.9 Å². The third-order valence-corrected chi connectivity index (χ3v) is 6.17. The van der Waals surface area contributed by atoms with Gasteiger partial charge < -0.3 is 4.98 Å². The average molecular weight is 481 g/mol. The van der Waals surface area contributed by atoms with Crippen molar-refractivity contribution in [2.75, 3.05) is 5.43 Å². The number of aryl methyl sites for hydroxylation is 1. The first-order valence-electron chi connectivity index (χ1n) is 9.62. The molecule has 7 heteroatoms. The van der Waals surface area contributed by atoms with Gasteiger partial charge >= 0.3 is 0 Å². The first-order chi connectivity index (χ1) is 14.5. The number of aromatic nitrogens is 2. The van der Waals surface area contributed by atoms with Gasteiger partial charge in [0, 0.05) is 43.3 Å². The summed E-state index contributed by atoms with van der Waals surface area (Å²) in [6.45, 7) is 3.91. The molecule has 2 aromatic carbocycles. The van der Waals surface area contributed by atoms with Crippen LogP contribution in [0.5, 0.6) is 0 Å². The predicted molar refractivity (Wildman–Crippen MR) is 130 cm³/mol. The fourth-order valence-electron chi connectivity index (χ4n) is 3.30. The number of benzene rings is 2. The fourth-order valence-corrected chi connectivity index (χ4v) is 4.32. The van der Waals surface area contributed by atoms with Gasteiger partial charge in [-0.2, -0.15) is 5.10 Å². The Labute approximate surface area is 187 Å². The molecule has 0 aliphatic carbocycles. The molecular formula is C23H21BrN4OS. The number of thiazole rings is 1. The minimum atomic E-state index is 0.0794. The first kappa shape index (κ1) is 20.5. The highest BCUT2D eigenvalue weighted by Crippen LogP contribution is 2.24. The van der Waals surface area contributed by atoms with E-state index in [-0.39, 0.29) is 5.43 Å². The summed E-state index contributed by atoms with van der Waals surface area (Å²) in [6, 6.07) is 15.8. The minimum absolute atomic E-state index is 0.0794. The standard InChI is InChI=1S/C23H21BrN4OS/c1-14(27-28-23-26-21(13-30-23)16-6-4-3-5-7-16)8-10-18-15(2)25-20-11-9-17(24)12-19(20)22(18)29/h3-7,9,11-13H,8,10H2,1-2H3,(H,25,29)(H,26,28). The fraction of sp³-hybridized carbons (Fsp3) is 0.174. The topological polar surface area (TPSA) is 70.1 Å². The highest BCUT2D eigenvalue weighted by atomic mass is 79.9. The maximum atomic E-state index is 12.9. The van der Waals surface area contributed by atoms with E-state index in [2.05, 4.69) is 36.4 Å². The van der Waals surface area contributed by atoms with Crippen molar-refractivity contribution in [1.82, 2.24) is 9.97 Å². The molecule has 5 nitrogen and oxygen atoms in total. The Balaban J connectivity index is 1.45. The summed E-state index contributed by atoms with van der Waals surface area (Å²) in [6.07, 6.45) is 1.32. The number of halogens is 1. The molecule has 30 heavy (non-hydrogen) atoms. The average Bonchev–Trinajstić information content (AvgIpc) is 3.22. The second kappa shape index (κ2) is 8.93. The van der Waals surface area contributed by atoms with Gasteiger partial charge in [0.25, 0.3) is 0 Å². The summed E-state index contributed by atoms with van der Waals surface area (Å²) < 4.78 is 0.899. The molecule has 0 spiro atoms. The minimum Gasteiger partial charge on any atom is -0.358 e. The van der Waals surface area contributed by atoms with Gasteiger partial charge in [0.2, 0.25) is 5.13 Å². The lowest BCUT2D eigenvalue weighted by molar-refractivity contribution is 0.978. The van der Waals surface area contributed by atoms with Gasteiger partial charge in [0.05, 0.1) is 5.69 Å². The molecule has 0 amide bonds. The predicted octanol–water partition coefficient (Wildman–Crippen LogP) is 6.14. The van der Waals surface area contributed by atoms with E-state index < -0.39 is 0 Å². The Morgan fingerprint density at radius 2 is 2.03 bits per heavy atom. The van der Waals surface area contributed by atoms with Crippen LogP contribution < -0.4 is 10.9 Å². The van der Waals surface area contributed by atoms with Crippen LogP contribution in [0.25, 0.3) is 22.2 Å². The van der Waals surface area contributed by atoms with Gasteiger partial charge in [-0.05, 0) is 44.9 Å². The molecule has 152 valence electrons. The Morgan fingerprint density at radius 1 is 1.23 bits per heavy atom. The maximum Gasteiger partial charge on any atom is 0.203 e. The second-order valence-electron chi connectivity index (χ2n) is 7.11. The SMILES string of the molecule is CC(CCc1c(C)[nH]c2ccc(Br)cc2c1=O)=NNc1nc(-c2ccccc2)cs1. The lowest BCUT2D eigenvalue weighted by atomic mass is 10.0. The van der Waals surface area contributed by atoms with Crippen molar-refractivity contribution < 1.29 is 0 Å². The van der Waals surface area contributed by atoms with Crippen LogP contribution in [-0.2, 0) is 6.42 Å². The number of hydrogen-bond donors (Lipinski definition) is 2. The molecule has 0 bridgehead atoms. The van der Waals surface area contributed by atoms with E-state index in [1.807, 2.05) is 67.8 Å². The number of nitrogens with zero attached hydrogens (tertiary/aromatic N) is 2. The third kappa shape index (κ3) is 4.52. The zero-order chi connectivity index (χ0) is 21.1. The summed E-state index contributed by atoms with van der Waals surface area (Å²) in [5.41, 5.74) is 8.61. The summed E-state index contributed by atoms with van der Waals surface area (Å²) in [7, 11) is 0. The summed E-state index contributed by atoms with van der Waals surface area (Å²) in [5, 5.41) is 7.91. The highest BCUT2D eigenvalue weighted by Gasteiger charge is 2.10. The van der Waals surface area contributed by atoms with E-state index in [1.165, 1.54) is 11.3 Å². The van der Waals surface area contributed by atoms with Crippen LogP contribution >= 0.6 is 27.3 Å². The van der Waals surface area contributed by atoms with Gasteiger partial charge in [-0.3, -0.25) is 10.2 Å². The van der Waals surface area contributed by atoms with E-state index in [1.54, 1.807) is 0 Å². The third-order valence-electron chi connectivity index (χ3n) is 4.93.